The van der Waals surface area contributed by atoms with Gasteiger partial charge in [0.2, 0.25) is 15.9 Å². The molecule has 3 aromatic rings. The van der Waals surface area contributed by atoms with Gasteiger partial charge in [-0.2, -0.15) is 4.31 Å². The van der Waals surface area contributed by atoms with Crippen LogP contribution in [0.15, 0.2) is 76.2 Å². The van der Waals surface area contributed by atoms with E-state index in [0.29, 0.717) is 30.9 Å². The van der Waals surface area contributed by atoms with E-state index in [4.69, 9.17) is 4.42 Å². The maximum atomic E-state index is 12.8. The molecule has 8 nitrogen and oxygen atoms in total. The molecular formula is C25H27N3O5S. The van der Waals surface area contributed by atoms with Crippen molar-refractivity contribution in [3.05, 3.63) is 78.3 Å². The Kier molecular flexibility index (Phi) is 7.44. The van der Waals surface area contributed by atoms with Gasteiger partial charge >= 0.3 is 0 Å². The van der Waals surface area contributed by atoms with Crippen LogP contribution in [0.4, 0.5) is 11.4 Å². The second kappa shape index (κ2) is 10.7. The Morgan fingerprint density at radius 2 is 1.59 bits per heavy atom. The van der Waals surface area contributed by atoms with Gasteiger partial charge in [-0.15, -0.1) is 0 Å². The SMILES string of the molecule is O=C(CCc1ccc(S(=O)(=O)N2CCCCC2)cc1)Nc1cccc(NC(=O)c2ccco2)c1. The van der Waals surface area contributed by atoms with Crippen LogP contribution in [0.3, 0.4) is 0 Å². The molecule has 178 valence electrons. The van der Waals surface area contributed by atoms with Gasteiger partial charge in [0.1, 0.15) is 0 Å². The van der Waals surface area contributed by atoms with Crippen LogP contribution in [0.1, 0.15) is 41.8 Å². The zero-order chi connectivity index (χ0) is 24.0. The van der Waals surface area contributed by atoms with E-state index in [1.807, 2.05) is 0 Å². The van der Waals surface area contributed by atoms with Crippen molar-refractivity contribution in [3.8, 4) is 0 Å². The monoisotopic (exact) mass is 481 g/mol. The normalized spacial score (nSPS) is 14.5. The molecule has 2 N–H and O–H groups in total. The van der Waals surface area contributed by atoms with Gasteiger partial charge in [0.05, 0.1) is 11.2 Å². The summed E-state index contributed by atoms with van der Waals surface area (Å²) in [7, 11) is -3.46. The molecule has 0 unspecified atom stereocenters. The number of hydrogen-bond acceptors (Lipinski definition) is 5. The zero-order valence-corrected chi connectivity index (χ0v) is 19.5. The highest BCUT2D eigenvalue weighted by atomic mass is 32.2. The number of carbonyl (C=O) groups is 2. The fraction of sp³-hybridized carbons (Fsp3) is 0.280. The van der Waals surface area contributed by atoms with Crippen LogP contribution in [0, 0.1) is 0 Å². The number of sulfonamides is 1. The predicted octanol–water partition coefficient (Wildman–Crippen LogP) is 4.28. The molecular weight excluding hydrogens is 454 g/mol. The summed E-state index contributed by atoms with van der Waals surface area (Å²) >= 11 is 0. The average Bonchev–Trinajstić information content (AvgIpc) is 3.39. The van der Waals surface area contributed by atoms with Crippen molar-refractivity contribution in [3.63, 3.8) is 0 Å². The summed E-state index contributed by atoms with van der Waals surface area (Å²) in [4.78, 5) is 24.8. The molecule has 2 aromatic carbocycles. The van der Waals surface area contributed by atoms with E-state index in [1.165, 1.54) is 6.26 Å². The lowest BCUT2D eigenvalue weighted by atomic mass is 10.1. The minimum Gasteiger partial charge on any atom is -0.459 e. The van der Waals surface area contributed by atoms with E-state index in [2.05, 4.69) is 10.6 Å². The minimum atomic E-state index is -3.46. The summed E-state index contributed by atoms with van der Waals surface area (Å²) < 4.78 is 32.1. The van der Waals surface area contributed by atoms with Crippen LogP contribution in [0.2, 0.25) is 0 Å². The smallest absolute Gasteiger partial charge is 0.291 e. The summed E-state index contributed by atoms with van der Waals surface area (Å²) in [5.74, 6) is -0.358. The van der Waals surface area contributed by atoms with Crippen LogP contribution in [0.25, 0.3) is 0 Å². The number of furan rings is 1. The van der Waals surface area contributed by atoms with Gasteiger partial charge in [-0.05, 0) is 67.3 Å². The third-order valence-electron chi connectivity index (χ3n) is 5.67. The summed E-state index contributed by atoms with van der Waals surface area (Å²) in [6.07, 6.45) is 4.99. The standard InChI is InChI=1S/C25H27N3O5S/c29-24(26-20-6-4-7-21(18-20)27-25(30)23-8-5-17-33-23)14-11-19-9-12-22(13-10-19)34(31,32)28-15-2-1-3-16-28/h4-10,12-13,17-18H,1-3,11,14-16H2,(H,26,29)(H,27,30). The first kappa shape index (κ1) is 23.7. The number of nitrogens with one attached hydrogen (secondary N) is 2. The third-order valence-corrected chi connectivity index (χ3v) is 7.58. The van der Waals surface area contributed by atoms with Gasteiger partial charge in [-0.25, -0.2) is 8.42 Å². The van der Waals surface area contributed by atoms with Crippen LogP contribution in [-0.2, 0) is 21.2 Å². The van der Waals surface area contributed by atoms with E-state index < -0.39 is 10.0 Å². The fourth-order valence-electron chi connectivity index (χ4n) is 3.84. The number of anilines is 2. The molecule has 0 aliphatic carbocycles. The zero-order valence-electron chi connectivity index (χ0n) is 18.7. The molecule has 1 aliphatic rings. The Labute approximate surface area is 199 Å². The first-order chi connectivity index (χ1) is 16.4. The number of hydrogen-bond donors (Lipinski definition) is 2. The van der Waals surface area contributed by atoms with Gasteiger partial charge in [-0.3, -0.25) is 9.59 Å². The summed E-state index contributed by atoms with van der Waals surface area (Å²) in [5.41, 5.74) is 1.97. The highest BCUT2D eigenvalue weighted by molar-refractivity contribution is 7.89. The molecule has 4 rings (SSSR count). The topological polar surface area (TPSA) is 109 Å². The van der Waals surface area contributed by atoms with Crippen molar-refractivity contribution in [1.82, 2.24) is 4.31 Å². The molecule has 0 bridgehead atoms. The molecule has 0 saturated carbocycles. The third kappa shape index (κ3) is 5.92. The summed E-state index contributed by atoms with van der Waals surface area (Å²) in [6.45, 7) is 1.13. The van der Waals surface area contributed by atoms with E-state index >= 15 is 0 Å². The molecule has 1 fully saturated rings. The lowest BCUT2D eigenvalue weighted by Gasteiger charge is -2.25. The lowest BCUT2D eigenvalue weighted by molar-refractivity contribution is -0.116. The Balaban J connectivity index is 1.30. The van der Waals surface area contributed by atoms with Crippen LogP contribution >= 0.6 is 0 Å². The van der Waals surface area contributed by atoms with Crippen molar-refractivity contribution in [2.75, 3.05) is 23.7 Å². The molecule has 1 aliphatic heterocycles. The predicted molar refractivity (Wildman–Crippen MR) is 129 cm³/mol. The van der Waals surface area contributed by atoms with E-state index in [1.54, 1.807) is 65.0 Å². The second-order valence-electron chi connectivity index (χ2n) is 8.17. The molecule has 9 heteroatoms. The van der Waals surface area contributed by atoms with E-state index in [9.17, 15) is 18.0 Å². The van der Waals surface area contributed by atoms with Crippen molar-refractivity contribution in [1.29, 1.82) is 0 Å². The van der Waals surface area contributed by atoms with Crippen molar-refractivity contribution >= 4 is 33.2 Å². The van der Waals surface area contributed by atoms with Crippen LogP contribution in [-0.4, -0.2) is 37.6 Å². The number of amides is 2. The van der Waals surface area contributed by atoms with E-state index in [-0.39, 0.29) is 28.9 Å². The number of nitrogens with zero attached hydrogens (tertiary/aromatic N) is 1. The largest absolute Gasteiger partial charge is 0.459 e. The van der Waals surface area contributed by atoms with Gasteiger partial charge in [0.25, 0.3) is 5.91 Å². The molecule has 2 amide bonds. The molecule has 0 radical (unpaired) electrons. The summed E-state index contributed by atoms with van der Waals surface area (Å²) in [5, 5.41) is 5.54. The Hall–Kier alpha value is -3.43. The van der Waals surface area contributed by atoms with Crippen LogP contribution < -0.4 is 10.6 Å². The Bertz CT molecular complexity index is 1230. The van der Waals surface area contributed by atoms with Crippen molar-refractivity contribution in [2.24, 2.45) is 0 Å². The lowest BCUT2D eigenvalue weighted by Crippen LogP contribution is -2.35. The highest BCUT2D eigenvalue weighted by Gasteiger charge is 2.25. The minimum absolute atomic E-state index is 0.181. The first-order valence-electron chi connectivity index (χ1n) is 11.3. The quantitative estimate of drug-likeness (QED) is 0.499. The maximum absolute atomic E-state index is 12.8. The van der Waals surface area contributed by atoms with Gasteiger partial charge in [-0.1, -0.05) is 24.6 Å². The molecule has 1 saturated heterocycles. The maximum Gasteiger partial charge on any atom is 0.291 e. The molecule has 1 aromatic heterocycles. The molecule has 34 heavy (non-hydrogen) atoms. The average molecular weight is 482 g/mol. The first-order valence-corrected chi connectivity index (χ1v) is 12.7. The number of aryl methyl sites for hydroxylation is 1. The molecule has 2 heterocycles. The Morgan fingerprint density at radius 3 is 2.26 bits per heavy atom. The number of benzene rings is 2. The number of rotatable bonds is 8. The van der Waals surface area contributed by atoms with Crippen molar-refractivity contribution in [2.45, 2.75) is 37.0 Å². The number of piperidine rings is 1. The van der Waals surface area contributed by atoms with Crippen LogP contribution in [0.5, 0.6) is 0 Å². The van der Waals surface area contributed by atoms with E-state index in [0.717, 1.165) is 24.8 Å². The van der Waals surface area contributed by atoms with Crippen molar-refractivity contribution < 1.29 is 22.4 Å². The summed E-state index contributed by atoms with van der Waals surface area (Å²) in [6, 6.07) is 16.8. The fourth-order valence-corrected chi connectivity index (χ4v) is 5.36. The van der Waals surface area contributed by atoms with Gasteiger partial charge < -0.3 is 15.1 Å². The number of carbonyl (C=O) groups excluding carboxylic acids is 2. The van der Waals surface area contributed by atoms with Gasteiger partial charge in [0, 0.05) is 30.9 Å². The molecule has 0 atom stereocenters. The molecule has 0 spiro atoms. The highest BCUT2D eigenvalue weighted by Crippen LogP contribution is 2.21. The Morgan fingerprint density at radius 1 is 0.882 bits per heavy atom. The second-order valence-corrected chi connectivity index (χ2v) is 10.1. The van der Waals surface area contributed by atoms with Gasteiger partial charge in [0.15, 0.2) is 5.76 Å².